The molecule has 0 aliphatic carbocycles. The fourth-order valence-electron chi connectivity index (χ4n) is 5.20. The first-order chi connectivity index (χ1) is 15.6. The van der Waals surface area contributed by atoms with Crippen molar-refractivity contribution in [1.82, 2.24) is 24.7 Å². The van der Waals surface area contributed by atoms with Crippen molar-refractivity contribution in [1.29, 1.82) is 0 Å². The van der Waals surface area contributed by atoms with Crippen LogP contribution in [-0.2, 0) is 4.79 Å². The van der Waals surface area contributed by atoms with Crippen LogP contribution < -0.4 is 0 Å². The molecule has 0 unspecified atom stereocenters. The Morgan fingerprint density at radius 2 is 1.88 bits per heavy atom. The molecule has 32 heavy (non-hydrogen) atoms. The summed E-state index contributed by atoms with van der Waals surface area (Å²) in [6.07, 6.45) is 5.87. The number of aromatic nitrogens is 2. The van der Waals surface area contributed by atoms with E-state index >= 15 is 0 Å². The van der Waals surface area contributed by atoms with E-state index in [9.17, 15) is 4.79 Å². The van der Waals surface area contributed by atoms with Gasteiger partial charge in [0.15, 0.2) is 0 Å². The minimum absolute atomic E-state index is 0.275. The minimum atomic E-state index is 0.275. The fourth-order valence-corrected chi connectivity index (χ4v) is 5.20. The van der Waals surface area contributed by atoms with E-state index in [4.69, 9.17) is 0 Å². The van der Waals surface area contributed by atoms with Crippen LogP contribution in [0.2, 0.25) is 0 Å². The number of pyridine rings is 1. The maximum Gasteiger partial charge on any atom is 0.236 e. The molecule has 4 heterocycles. The minimum Gasteiger partial charge on any atom is -0.358 e. The SMILES string of the molecule is Cc1ccc2[nH]c([C@@H]3CCCN(C(=O)CN4CCN(C)CC4)C3)c(-c3ccncc3)c2c1. The van der Waals surface area contributed by atoms with E-state index in [1.165, 1.54) is 33.3 Å². The van der Waals surface area contributed by atoms with Gasteiger partial charge in [-0.25, -0.2) is 0 Å². The van der Waals surface area contributed by atoms with Gasteiger partial charge < -0.3 is 14.8 Å². The van der Waals surface area contributed by atoms with E-state index in [0.717, 1.165) is 52.1 Å². The van der Waals surface area contributed by atoms with Crippen LogP contribution in [0.25, 0.3) is 22.0 Å². The fraction of sp³-hybridized carbons (Fsp3) is 0.462. The van der Waals surface area contributed by atoms with Gasteiger partial charge in [-0.1, -0.05) is 11.6 Å². The third-order valence-corrected chi connectivity index (χ3v) is 7.09. The summed E-state index contributed by atoms with van der Waals surface area (Å²) in [7, 11) is 2.15. The molecule has 1 N–H and O–H groups in total. The number of carbonyl (C=O) groups is 1. The van der Waals surface area contributed by atoms with Crippen LogP contribution in [0.3, 0.4) is 0 Å². The Kier molecular flexibility index (Phi) is 5.98. The lowest BCUT2D eigenvalue weighted by atomic mass is 9.89. The third-order valence-electron chi connectivity index (χ3n) is 7.09. The predicted octanol–water partition coefficient (Wildman–Crippen LogP) is 3.49. The maximum atomic E-state index is 13.1. The lowest BCUT2D eigenvalue weighted by molar-refractivity contribution is -0.134. The highest BCUT2D eigenvalue weighted by Gasteiger charge is 2.29. The second-order valence-electron chi connectivity index (χ2n) is 9.46. The van der Waals surface area contributed by atoms with E-state index in [1.807, 2.05) is 12.4 Å². The Morgan fingerprint density at radius 1 is 1.09 bits per heavy atom. The number of likely N-dealkylation sites (tertiary alicyclic amines) is 1. The van der Waals surface area contributed by atoms with Crippen molar-refractivity contribution in [3.63, 3.8) is 0 Å². The highest BCUT2D eigenvalue weighted by Crippen LogP contribution is 2.39. The van der Waals surface area contributed by atoms with Crippen molar-refractivity contribution in [3.05, 3.63) is 54.0 Å². The molecule has 1 aromatic carbocycles. The average Bonchev–Trinajstić information content (AvgIpc) is 3.20. The number of amides is 1. The van der Waals surface area contributed by atoms with E-state index in [2.05, 4.69) is 69.0 Å². The molecule has 5 rings (SSSR count). The van der Waals surface area contributed by atoms with Crippen molar-refractivity contribution < 1.29 is 4.79 Å². The molecule has 2 saturated heterocycles. The Hall–Kier alpha value is -2.70. The molecular weight excluding hydrogens is 398 g/mol. The highest BCUT2D eigenvalue weighted by molar-refractivity contribution is 5.98. The number of rotatable bonds is 4. The van der Waals surface area contributed by atoms with Gasteiger partial charge in [0.25, 0.3) is 0 Å². The predicted molar refractivity (Wildman–Crippen MR) is 129 cm³/mol. The number of H-pyrrole nitrogens is 1. The van der Waals surface area contributed by atoms with E-state index in [-0.39, 0.29) is 5.91 Å². The number of aromatic amines is 1. The topological polar surface area (TPSA) is 55.5 Å². The maximum absolute atomic E-state index is 13.1. The van der Waals surface area contributed by atoms with E-state index < -0.39 is 0 Å². The lowest BCUT2D eigenvalue weighted by Gasteiger charge is -2.36. The molecule has 0 saturated carbocycles. The van der Waals surface area contributed by atoms with Crippen molar-refractivity contribution in [2.24, 2.45) is 0 Å². The summed E-state index contributed by atoms with van der Waals surface area (Å²) in [6, 6.07) is 10.8. The number of nitrogens with one attached hydrogen (secondary N) is 1. The summed E-state index contributed by atoms with van der Waals surface area (Å²) >= 11 is 0. The molecule has 0 spiro atoms. The zero-order valence-electron chi connectivity index (χ0n) is 19.2. The zero-order valence-corrected chi connectivity index (χ0v) is 19.2. The number of likely N-dealkylation sites (N-methyl/N-ethyl adjacent to an activating group) is 1. The van der Waals surface area contributed by atoms with Crippen LogP contribution in [0.5, 0.6) is 0 Å². The normalized spacial score (nSPS) is 20.7. The highest BCUT2D eigenvalue weighted by atomic mass is 16.2. The molecule has 168 valence electrons. The zero-order chi connectivity index (χ0) is 22.1. The molecule has 2 aliphatic rings. The quantitative estimate of drug-likeness (QED) is 0.687. The molecule has 1 amide bonds. The first-order valence-corrected chi connectivity index (χ1v) is 11.8. The van der Waals surface area contributed by atoms with Gasteiger partial charge in [0.2, 0.25) is 5.91 Å². The van der Waals surface area contributed by atoms with Gasteiger partial charge in [-0.15, -0.1) is 0 Å². The number of fused-ring (bicyclic) bond motifs is 1. The molecule has 1 atom stereocenters. The van der Waals surface area contributed by atoms with Crippen LogP contribution in [0.15, 0.2) is 42.7 Å². The summed E-state index contributed by atoms with van der Waals surface area (Å²) in [5.74, 6) is 0.590. The smallest absolute Gasteiger partial charge is 0.236 e. The summed E-state index contributed by atoms with van der Waals surface area (Å²) in [5, 5.41) is 1.26. The number of benzene rings is 1. The second kappa shape index (κ2) is 9.04. The Bertz CT molecular complexity index is 1080. The molecule has 0 radical (unpaired) electrons. The number of hydrogen-bond acceptors (Lipinski definition) is 4. The van der Waals surface area contributed by atoms with Gasteiger partial charge in [0, 0.05) is 79.7 Å². The standard InChI is InChI=1S/C26H33N5O/c1-19-5-6-23-22(16-19)25(20-7-9-27-10-8-20)26(28-23)21-4-3-11-31(17-21)24(32)18-30-14-12-29(2)13-15-30/h5-10,16,21,28H,3-4,11-15,17-18H2,1-2H3/t21-/m1/s1. The first kappa shape index (κ1) is 21.2. The van der Waals surface area contributed by atoms with Crippen molar-refractivity contribution in [2.45, 2.75) is 25.7 Å². The molecule has 2 fully saturated rings. The number of piperazine rings is 1. The molecular formula is C26H33N5O. The summed E-state index contributed by atoms with van der Waals surface area (Å²) in [4.78, 5) is 27.8. The summed E-state index contributed by atoms with van der Waals surface area (Å²) in [6.45, 7) is 8.38. The number of carbonyl (C=O) groups excluding carboxylic acids is 1. The van der Waals surface area contributed by atoms with Gasteiger partial charge in [-0.05, 0) is 56.6 Å². The summed E-state index contributed by atoms with van der Waals surface area (Å²) in [5.41, 5.74) is 6.13. The molecule has 2 aliphatic heterocycles. The Labute approximate surface area is 190 Å². The van der Waals surface area contributed by atoms with Gasteiger partial charge >= 0.3 is 0 Å². The molecule has 6 heteroatoms. The van der Waals surface area contributed by atoms with Gasteiger partial charge in [-0.2, -0.15) is 0 Å². The van der Waals surface area contributed by atoms with Crippen LogP contribution in [-0.4, -0.2) is 83.4 Å². The number of nitrogens with zero attached hydrogens (tertiary/aromatic N) is 4. The first-order valence-electron chi connectivity index (χ1n) is 11.8. The van der Waals surface area contributed by atoms with Gasteiger partial charge in [-0.3, -0.25) is 14.7 Å². The third kappa shape index (κ3) is 4.30. The van der Waals surface area contributed by atoms with Gasteiger partial charge in [0.05, 0.1) is 6.54 Å². The number of piperidine rings is 1. The summed E-state index contributed by atoms with van der Waals surface area (Å²) < 4.78 is 0. The lowest BCUT2D eigenvalue weighted by Crippen LogP contribution is -2.50. The van der Waals surface area contributed by atoms with Crippen LogP contribution in [0.4, 0.5) is 0 Å². The number of aryl methyl sites for hydroxylation is 1. The molecule has 2 aromatic heterocycles. The van der Waals surface area contributed by atoms with E-state index in [0.29, 0.717) is 12.5 Å². The molecule has 6 nitrogen and oxygen atoms in total. The van der Waals surface area contributed by atoms with Crippen LogP contribution >= 0.6 is 0 Å². The van der Waals surface area contributed by atoms with Gasteiger partial charge in [0.1, 0.15) is 0 Å². The Morgan fingerprint density at radius 3 is 2.66 bits per heavy atom. The van der Waals surface area contributed by atoms with Crippen molar-refractivity contribution in [2.75, 3.05) is 52.9 Å². The molecule has 3 aromatic rings. The van der Waals surface area contributed by atoms with Crippen molar-refractivity contribution in [3.8, 4) is 11.1 Å². The Balaban J connectivity index is 1.41. The van der Waals surface area contributed by atoms with E-state index in [1.54, 1.807) is 0 Å². The average molecular weight is 432 g/mol. The largest absolute Gasteiger partial charge is 0.358 e. The van der Waals surface area contributed by atoms with Crippen molar-refractivity contribution >= 4 is 16.8 Å². The molecule has 0 bridgehead atoms. The van der Waals surface area contributed by atoms with Crippen LogP contribution in [0.1, 0.15) is 30.0 Å². The second-order valence-corrected chi connectivity index (χ2v) is 9.46. The number of hydrogen-bond donors (Lipinski definition) is 1. The van der Waals surface area contributed by atoms with Crippen LogP contribution in [0, 0.1) is 6.92 Å². The monoisotopic (exact) mass is 431 g/mol.